The quantitative estimate of drug-likeness (QED) is 0.278. The van der Waals surface area contributed by atoms with Crippen LogP contribution in [0.4, 0.5) is 15.3 Å². The Kier molecular flexibility index (Phi) is 7.97. The molecule has 0 bridgehead atoms. The van der Waals surface area contributed by atoms with Crippen molar-refractivity contribution in [2.45, 2.75) is 99.3 Å². The Morgan fingerprint density at radius 3 is 2.43 bits per heavy atom. The normalized spacial score (nSPS) is 20.7. The molecule has 3 aliphatic carbocycles. The number of alkyl carbamates (subject to hydrolysis) is 1. The topological polar surface area (TPSA) is 142 Å². The molecule has 3 aliphatic rings. The lowest BCUT2D eigenvalue weighted by molar-refractivity contribution is 0.109. The van der Waals surface area contributed by atoms with Gasteiger partial charge in [0.15, 0.2) is 9.84 Å². The molecule has 11 nitrogen and oxygen atoms in total. The Labute approximate surface area is 248 Å². The molecule has 0 radical (unpaired) electrons. The molecule has 3 saturated carbocycles. The Morgan fingerprint density at radius 2 is 1.79 bits per heavy atom. The van der Waals surface area contributed by atoms with E-state index in [4.69, 9.17) is 14.6 Å². The molecule has 3 fully saturated rings. The van der Waals surface area contributed by atoms with E-state index in [0.717, 1.165) is 64.2 Å². The van der Waals surface area contributed by atoms with E-state index in [1.54, 1.807) is 23.5 Å². The number of anilines is 1. The number of ether oxygens (including phenoxy) is 1. The maximum atomic E-state index is 13.8. The minimum absolute atomic E-state index is 0.0751. The predicted octanol–water partition coefficient (Wildman–Crippen LogP) is 5.99. The summed E-state index contributed by atoms with van der Waals surface area (Å²) >= 11 is 1.56. The number of sulfone groups is 1. The van der Waals surface area contributed by atoms with Crippen LogP contribution in [-0.4, -0.2) is 52.8 Å². The molecule has 1 amide bonds. The summed E-state index contributed by atoms with van der Waals surface area (Å²) < 4.78 is 33.8. The number of carbonyl (C=O) groups excluding carboxylic acids is 2. The van der Waals surface area contributed by atoms with Crippen LogP contribution >= 0.6 is 11.3 Å². The molecular formula is C29H35N5O6S2. The van der Waals surface area contributed by atoms with Crippen LogP contribution in [-0.2, 0) is 19.4 Å². The number of rotatable bonds is 9. The molecule has 2 N–H and O–H groups in total. The molecule has 13 heteroatoms. The third kappa shape index (κ3) is 6.31. The van der Waals surface area contributed by atoms with Gasteiger partial charge in [0.1, 0.15) is 0 Å². The molecule has 0 spiro atoms. The summed E-state index contributed by atoms with van der Waals surface area (Å²) in [6.45, 7) is 3.66. The van der Waals surface area contributed by atoms with E-state index in [2.05, 4.69) is 15.9 Å². The first-order chi connectivity index (χ1) is 20.2. The molecule has 224 valence electrons. The number of hydrogen-bond donors (Lipinski definition) is 2. The summed E-state index contributed by atoms with van der Waals surface area (Å²) in [4.78, 5) is 35.4. The zero-order valence-corrected chi connectivity index (χ0v) is 25.2. The highest BCUT2D eigenvalue weighted by atomic mass is 32.2. The standard InChI is InChI=1S/C29H35N5O6S2/c1-17(2)39-28(35)32-20-8-6-19(7-9-20)27-30-16-24(41-27)26-23(18-4-5-18)14-21(15-25(26)42(37,38)22-10-11-22)33-40-29(36)34-13-3-12-31-34/h3,12-20,22,33H,4-11H2,1-2H3,(H,32,35). The summed E-state index contributed by atoms with van der Waals surface area (Å²) in [5.41, 5.74) is 4.73. The average molecular weight is 614 g/mol. The van der Waals surface area contributed by atoms with Gasteiger partial charge in [-0.25, -0.2) is 28.5 Å². The van der Waals surface area contributed by atoms with Crippen molar-refractivity contribution in [2.75, 3.05) is 5.48 Å². The summed E-state index contributed by atoms with van der Waals surface area (Å²) in [5, 5.41) is 7.42. The molecule has 2 aromatic heterocycles. The fourth-order valence-electron chi connectivity index (χ4n) is 5.48. The third-order valence-electron chi connectivity index (χ3n) is 7.88. The van der Waals surface area contributed by atoms with E-state index in [0.29, 0.717) is 18.5 Å². The Hall–Kier alpha value is -3.45. The SMILES string of the molecule is CC(C)OC(=O)NC1CCC(c2ncc(-c3c(C4CC4)cc(NOC(=O)n4cccn4)cc3S(=O)(=O)C3CC3)s2)CC1. The maximum absolute atomic E-state index is 13.8. The number of nitrogens with zero attached hydrogens (tertiary/aromatic N) is 3. The summed E-state index contributed by atoms with van der Waals surface area (Å²) in [6, 6.07) is 5.16. The summed E-state index contributed by atoms with van der Waals surface area (Å²) in [5.74, 6) is 0.479. The highest BCUT2D eigenvalue weighted by Crippen LogP contribution is 2.51. The highest BCUT2D eigenvalue weighted by molar-refractivity contribution is 7.92. The molecule has 3 aromatic rings. The van der Waals surface area contributed by atoms with Gasteiger partial charge in [-0.3, -0.25) is 0 Å². The molecule has 6 rings (SSSR count). The first kappa shape index (κ1) is 28.7. The first-order valence-corrected chi connectivity index (χ1v) is 16.9. The van der Waals surface area contributed by atoms with Crippen LogP contribution in [0.5, 0.6) is 0 Å². The van der Waals surface area contributed by atoms with Gasteiger partial charge in [0.25, 0.3) is 0 Å². The molecule has 0 saturated heterocycles. The number of nitrogens with one attached hydrogen (secondary N) is 2. The molecule has 0 atom stereocenters. The third-order valence-corrected chi connectivity index (χ3v) is 11.3. The van der Waals surface area contributed by atoms with Gasteiger partial charge in [0.05, 0.1) is 31.8 Å². The van der Waals surface area contributed by atoms with Crippen molar-refractivity contribution in [3.05, 3.63) is 47.4 Å². The summed E-state index contributed by atoms with van der Waals surface area (Å²) in [7, 11) is -3.59. The number of hydrogen-bond acceptors (Lipinski definition) is 10. The summed E-state index contributed by atoms with van der Waals surface area (Å²) in [6.07, 6.45) is 10.1. The van der Waals surface area contributed by atoms with Crippen molar-refractivity contribution >= 4 is 39.0 Å². The number of thiazole rings is 1. The average Bonchev–Trinajstić information content (AvgIpc) is 3.89. The lowest BCUT2D eigenvalue weighted by Gasteiger charge is -2.28. The second kappa shape index (κ2) is 11.7. The second-order valence-corrected chi connectivity index (χ2v) is 14.8. The Bertz CT molecular complexity index is 1550. The highest BCUT2D eigenvalue weighted by Gasteiger charge is 2.41. The van der Waals surface area contributed by atoms with Crippen molar-refractivity contribution in [3.63, 3.8) is 0 Å². The van der Waals surface area contributed by atoms with E-state index in [1.807, 2.05) is 26.1 Å². The van der Waals surface area contributed by atoms with Crippen molar-refractivity contribution in [1.29, 1.82) is 0 Å². The van der Waals surface area contributed by atoms with Crippen LogP contribution in [0.25, 0.3) is 10.4 Å². The largest absolute Gasteiger partial charge is 0.458 e. The molecule has 2 heterocycles. The van der Waals surface area contributed by atoms with Gasteiger partial charge in [-0.15, -0.1) is 11.3 Å². The molecule has 0 unspecified atom stereocenters. The van der Waals surface area contributed by atoms with Crippen molar-refractivity contribution in [2.24, 2.45) is 0 Å². The number of benzene rings is 1. The van der Waals surface area contributed by atoms with Crippen LogP contribution in [0.1, 0.15) is 87.6 Å². The van der Waals surface area contributed by atoms with Crippen molar-refractivity contribution in [3.8, 4) is 10.4 Å². The van der Waals surface area contributed by atoms with Crippen molar-refractivity contribution < 1.29 is 27.6 Å². The molecule has 0 aliphatic heterocycles. The lowest BCUT2D eigenvalue weighted by atomic mass is 9.86. The molecular weight excluding hydrogens is 578 g/mol. The van der Waals surface area contributed by atoms with Crippen LogP contribution in [0, 0.1) is 0 Å². The fourth-order valence-corrected chi connectivity index (χ4v) is 8.63. The van der Waals surface area contributed by atoms with Gasteiger partial charge < -0.3 is 14.9 Å². The van der Waals surface area contributed by atoms with Crippen LogP contribution in [0.3, 0.4) is 0 Å². The molecule has 1 aromatic carbocycles. The monoisotopic (exact) mass is 613 g/mol. The van der Waals surface area contributed by atoms with E-state index in [-0.39, 0.29) is 35.0 Å². The number of carbonyl (C=O) groups is 2. The number of amides is 1. The first-order valence-electron chi connectivity index (χ1n) is 14.5. The van der Waals surface area contributed by atoms with E-state index in [1.165, 1.54) is 12.4 Å². The van der Waals surface area contributed by atoms with Gasteiger partial charge in [-0.05, 0) is 94.9 Å². The zero-order chi connectivity index (χ0) is 29.4. The van der Waals surface area contributed by atoms with E-state index < -0.39 is 21.2 Å². The van der Waals surface area contributed by atoms with Crippen molar-refractivity contribution in [1.82, 2.24) is 20.1 Å². The van der Waals surface area contributed by atoms with E-state index >= 15 is 0 Å². The lowest BCUT2D eigenvalue weighted by Crippen LogP contribution is -2.38. The van der Waals surface area contributed by atoms with Gasteiger partial charge in [0, 0.05) is 36.1 Å². The van der Waals surface area contributed by atoms with Gasteiger partial charge in [-0.1, -0.05) is 0 Å². The zero-order valence-electron chi connectivity index (χ0n) is 23.6. The van der Waals surface area contributed by atoms with Gasteiger partial charge in [-0.2, -0.15) is 9.78 Å². The van der Waals surface area contributed by atoms with E-state index in [9.17, 15) is 18.0 Å². The van der Waals surface area contributed by atoms with Crippen LogP contribution in [0.2, 0.25) is 0 Å². The van der Waals surface area contributed by atoms with Crippen LogP contribution in [0.15, 0.2) is 41.7 Å². The number of aromatic nitrogens is 3. The Balaban J connectivity index is 1.25. The van der Waals surface area contributed by atoms with Gasteiger partial charge >= 0.3 is 12.2 Å². The van der Waals surface area contributed by atoms with Crippen LogP contribution < -0.4 is 10.8 Å². The fraction of sp³-hybridized carbons (Fsp3) is 0.517. The minimum Gasteiger partial charge on any atom is -0.447 e. The van der Waals surface area contributed by atoms with Gasteiger partial charge in [0.2, 0.25) is 0 Å². The second-order valence-electron chi connectivity index (χ2n) is 11.6. The maximum Gasteiger partial charge on any atom is 0.458 e. The molecule has 42 heavy (non-hydrogen) atoms. The predicted molar refractivity (Wildman–Crippen MR) is 157 cm³/mol. The minimum atomic E-state index is -3.59. The smallest absolute Gasteiger partial charge is 0.447 e. The Morgan fingerprint density at radius 1 is 1.05 bits per heavy atom.